The average molecular weight is 218 g/mol. The third-order valence-electron chi connectivity index (χ3n) is 1.95. The van der Waals surface area contributed by atoms with Crippen molar-refractivity contribution in [2.45, 2.75) is 19.5 Å². The molecule has 0 aliphatic heterocycles. The van der Waals surface area contributed by atoms with Crippen LogP contribution in [0.4, 0.5) is 13.2 Å². The molecule has 0 amide bonds. The lowest BCUT2D eigenvalue weighted by Gasteiger charge is -2.09. The summed E-state index contributed by atoms with van der Waals surface area (Å²) in [4.78, 5) is 11.1. The van der Waals surface area contributed by atoms with Crippen molar-refractivity contribution in [3.05, 3.63) is 29.3 Å². The van der Waals surface area contributed by atoms with E-state index < -0.39 is 17.5 Å². The third-order valence-corrected chi connectivity index (χ3v) is 1.95. The highest BCUT2D eigenvalue weighted by Crippen LogP contribution is 2.35. The second-order valence-corrected chi connectivity index (χ2v) is 3.01. The van der Waals surface area contributed by atoms with Crippen molar-refractivity contribution < 1.29 is 23.1 Å². The molecule has 0 spiro atoms. The summed E-state index contributed by atoms with van der Waals surface area (Å²) in [5.74, 6) is -1.22. The first-order chi connectivity index (χ1) is 6.86. The Morgan fingerprint density at radius 1 is 1.40 bits per heavy atom. The van der Waals surface area contributed by atoms with Crippen LogP contribution in [0.25, 0.3) is 0 Å². The molecule has 0 fully saturated rings. The minimum atomic E-state index is -4.60. The fourth-order valence-electron chi connectivity index (χ4n) is 1.15. The van der Waals surface area contributed by atoms with Gasteiger partial charge in [-0.3, -0.25) is 4.79 Å². The molecule has 0 aliphatic carbocycles. The lowest BCUT2D eigenvalue weighted by molar-refractivity contribution is -0.138. The van der Waals surface area contributed by atoms with Gasteiger partial charge in [0.05, 0.1) is 5.56 Å². The van der Waals surface area contributed by atoms with E-state index in [1.807, 2.05) is 0 Å². The van der Waals surface area contributed by atoms with Crippen LogP contribution in [-0.2, 0) is 6.18 Å². The molecule has 0 aromatic heterocycles. The molecule has 0 heterocycles. The molecule has 0 saturated heterocycles. The van der Waals surface area contributed by atoms with Crippen molar-refractivity contribution in [2.24, 2.45) is 0 Å². The minimum absolute atomic E-state index is 0.0861. The molecule has 1 N–H and O–H groups in total. The average Bonchev–Trinajstić information content (AvgIpc) is 2.14. The summed E-state index contributed by atoms with van der Waals surface area (Å²) in [6, 6.07) is 2.61. The molecule has 82 valence electrons. The smallest absolute Gasteiger partial charge is 0.419 e. The molecular formula is C10H9F3O2. The molecule has 1 aromatic carbocycles. The maximum Gasteiger partial charge on any atom is 0.419 e. The van der Waals surface area contributed by atoms with Gasteiger partial charge in [-0.1, -0.05) is 13.0 Å². The van der Waals surface area contributed by atoms with Crippen LogP contribution in [0, 0.1) is 0 Å². The fraction of sp³-hybridized carbons (Fsp3) is 0.300. The summed E-state index contributed by atoms with van der Waals surface area (Å²) in [6.07, 6.45) is -4.41. The topological polar surface area (TPSA) is 37.3 Å². The number of Topliss-reactive ketones (excluding diaryl/α,β-unsaturated/α-hetero) is 1. The Balaban J connectivity index is 3.15. The Kier molecular flexibility index (Phi) is 3.02. The molecule has 0 aliphatic rings. The summed E-state index contributed by atoms with van der Waals surface area (Å²) < 4.78 is 36.7. The summed E-state index contributed by atoms with van der Waals surface area (Å²) >= 11 is 0. The number of phenolic OH excluding ortho intramolecular Hbond substituents is 1. The van der Waals surface area contributed by atoms with Gasteiger partial charge in [0.1, 0.15) is 5.75 Å². The lowest BCUT2D eigenvalue weighted by atomic mass is 10.1. The molecule has 1 aromatic rings. The molecule has 2 nitrogen and oxygen atoms in total. The normalized spacial score (nSPS) is 11.5. The maximum atomic E-state index is 12.2. The van der Waals surface area contributed by atoms with Crippen molar-refractivity contribution in [3.63, 3.8) is 0 Å². The fourth-order valence-corrected chi connectivity index (χ4v) is 1.15. The van der Waals surface area contributed by atoms with Gasteiger partial charge in [0.15, 0.2) is 5.78 Å². The van der Waals surface area contributed by atoms with Crippen LogP contribution >= 0.6 is 0 Å². The van der Waals surface area contributed by atoms with Crippen LogP contribution in [-0.4, -0.2) is 10.9 Å². The van der Waals surface area contributed by atoms with Crippen LogP contribution in [0.15, 0.2) is 18.2 Å². The molecule has 0 atom stereocenters. The highest BCUT2D eigenvalue weighted by molar-refractivity contribution is 5.96. The predicted octanol–water partition coefficient (Wildman–Crippen LogP) is 3.00. The van der Waals surface area contributed by atoms with Crippen molar-refractivity contribution in [1.82, 2.24) is 0 Å². The van der Waals surface area contributed by atoms with Crippen molar-refractivity contribution >= 4 is 5.78 Å². The number of aromatic hydroxyl groups is 1. The van der Waals surface area contributed by atoms with E-state index in [0.29, 0.717) is 6.07 Å². The SMILES string of the molecule is CCC(=O)c1ccc(C(F)(F)F)c(O)c1. The van der Waals surface area contributed by atoms with E-state index in [4.69, 9.17) is 5.11 Å². The van der Waals surface area contributed by atoms with Gasteiger partial charge in [0.25, 0.3) is 0 Å². The van der Waals surface area contributed by atoms with Gasteiger partial charge in [-0.15, -0.1) is 0 Å². The number of carbonyl (C=O) groups excluding carboxylic acids is 1. The molecule has 1 rings (SSSR count). The monoisotopic (exact) mass is 218 g/mol. The van der Waals surface area contributed by atoms with Gasteiger partial charge >= 0.3 is 6.18 Å². The highest BCUT2D eigenvalue weighted by Gasteiger charge is 2.33. The minimum Gasteiger partial charge on any atom is -0.507 e. The summed E-state index contributed by atoms with van der Waals surface area (Å²) in [7, 11) is 0. The highest BCUT2D eigenvalue weighted by atomic mass is 19.4. The van der Waals surface area contributed by atoms with Gasteiger partial charge in [-0.25, -0.2) is 0 Å². The standard InChI is InChI=1S/C10H9F3O2/c1-2-8(14)6-3-4-7(9(15)5-6)10(11,12)13/h3-5,15H,2H2,1H3. The predicted molar refractivity (Wildman–Crippen MR) is 47.7 cm³/mol. The number of carbonyl (C=O) groups is 1. The van der Waals surface area contributed by atoms with Crippen LogP contribution in [0.2, 0.25) is 0 Å². The second-order valence-electron chi connectivity index (χ2n) is 3.01. The van der Waals surface area contributed by atoms with Crippen LogP contribution in [0.3, 0.4) is 0 Å². The van der Waals surface area contributed by atoms with E-state index in [-0.39, 0.29) is 17.8 Å². The van der Waals surface area contributed by atoms with Crippen LogP contribution in [0.1, 0.15) is 29.3 Å². The van der Waals surface area contributed by atoms with E-state index in [9.17, 15) is 18.0 Å². The van der Waals surface area contributed by atoms with Crippen LogP contribution < -0.4 is 0 Å². The molecular weight excluding hydrogens is 209 g/mol. The summed E-state index contributed by atoms with van der Waals surface area (Å²) in [6.45, 7) is 1.59. The van der Waals surface area contributed by atoms with Gasteiger partial charge in [0, 0.05) is 12.0 Å². The van der Waals surface area contributed by atoms with Gasteiger partial charge in [-0.05, 0) is 12.1 Å². The number of phenols is 1. The van der Waals surface area contributed by atoms with Gasteiger partial charge < -0.3 is 5.11 Å². The molecule has 5 heteroatoms. The van der Waals surface area contributed by atoms with Crippen molar-refractivity contribution in [2.75, 3.05) is 0 Å². The Morgan fingerprint density at radius 3 is 2.40 bits per heavy atom. The molecule has 0 saturated carbocycles. The lowest BCUT2D eigenvalue weighted by Crippen LogP contribution is -2.06. The number of benzene rings is 1. The Morgan fingerprint density at radius 2 is 2.00 bits per heavy atom. The molecule has 0 radical (unpaired) electrons. The zero-order valence-corrected chi connectivity index (χ0v) is 7.93. The molecule has 15 heavy (non-hydrogen) atoms. The van der Waals surface area contributed by atoms with E-state index in [1.165, 1.54) is 0 Å². The first-order valence-electron chi connectivity index (χ1n) is 4.29. The first-order valence-corrected chi connectivity index (χ1v) is 4.29. The Bertz CT molecular complexity index is 383. The number of rotatable bonds is 2. The third kappa shape index (κ3) is 2.49. The number of ketones is 1. The Hall–Kier alpha value is -1.52. The van der Waals surface area contributed by atoms with E-state index >= 15 is 0 Å². The van der Waals surface area contributed by atoms with Crippen molar-refractivity contribution in [3.8, 4) is 5.75 Å². The second kappa shape index (κ2) is 3.92. The van der Waals surface area contributed by atoms with Crippen molar-refractivity contribution in [1.29, 1.82) is 0 Å². The zero-order valence-electron chi connectivity index (χ0n) is 7.93. The number of hydrogen-bond donors (Lipinski definition) is 1. The zero-order chi connectivity index (χ0) is 11.6. The van der Waals surface area contributed by atoms with Crippen LogP contribution in [0.5, 0.6) is 5.75 Å². The van der Waals surface area contributed by atoms with Gasteiger partial charge in [0.2, 0.25) is 0 Å². The molecule has 0 bridgehead atoms. The first kappa shape index (κ1) is 11.6. The maximum absolute atomic E-state index is 12.2. The number of alkyl halides is 3. The van der Waals surface area contributed by atoms with E-state index in [0.717, 1.165) is 12.1 Å². The number of halogens is 3. The Labute approximate surface area is 84.3 Å². The summed E-state index contributed by atoms with van der Waals surface area (Å²) in [5.41, 5.74) is -1.04. The number of hydrogen-bond acceptors (Lipinski definition) is 2. The quantitative estimate of drug-likeness (QED) is 0.774. The summed E-state index contributed by atoms with van der Waals surface area (Å²) in [5, 5.41) is 9.10. The van der Waals surface area contributed by atoms with E-state index in [2.05, 4.69) is 0 Å². The largest absolute Gasteiger partial charge is 0.507 e. The van der Waals surface area contributed by atoms with Gasteiger partial charge in [-0.2, -0.15) is 13.2 Å². The molecule has 0 unspecified atom stereocenters. The van der Waals surface area contributed by atoms with E-state index in [1.54, 1.807) is 6.92 Å².